The van der Waals surface area contributed by atoms with Gasteiger partial charge in [0.15, 0.2) is 0 Å². The molecule has 0 aliphatic carbocycles. The van der Waals surface area contributed by atoms with Crippen LogP contribution in [0.25, 0.3) is 0 Å². The molecule has 0 unspecified atom stereocenters. The zero-order chi connectivity index (χ0) is 15.1. The van der Waals surface area contributed by atoms with Gasteiger partial charge in [0.25, 0.3) is 0 Å². The van der Waals surface area contributed by atoms with E-state index in [1.807, 2.05) is 0 Å². The quantitative estimate of drug-likeness (QED) is 0.835. The molecule has 0 amide bonds. The minimum atomic E-state index is 0.229. The Labute approximate surface area is 132 Å². The number of rotatable bonds is 4. The molecule has 2 aromatic rings. The Kier molecular flexibility index (Phi) is 3.55. The third-order valence-corrected chi connectivity index (χ3v) is 4.93. The van der Waals surface area contributed by atoms with Gasteiger partial charge in [0.1, 0.15) is 6.10 Å². The summed E-state index contributed by atoms with van der Waals surface area (Å²) in [5, 5.41) is 2.24. The largest absolute Gasteiger partial charge is 0.344 e. The van der Waals surface area contributed by atoms with Gasteiger partial charge in [-0.3, -0.25) is 4.84 Å². The van der Waals surface area contributed by atoms with E-state index in [1.54, 1.807) is 0 Å². The lowest BCUT2D eigenvalue weighted by Gasteiger charge is -2.34. The van der Waals surface area contributed by atoms with Crippen LogP contribution in [0.5, 0.6) is 0 Å². The van der Waals surface area contributed by atoms with Crippen molar-refractivity contribution in [2.75, 3.05) is 0 Å². The topological polar surface area (TPSA) is 17.4 Å². The lowest BCUT2D eigenvalue weighted by molar-refractivity contribution is -0.171. The molecule has 4 rings (SSSR count). The summed E-state index contributed by atoms with van der Waals surface area (Å²) in [5.74, 6) is 0.691. The highest BCUT2D eigenvalue weighted by molar-refractivity contribution is 5.19. The molecule has 2 aliphatic rings. The Hall–Kier alpha value is -1.58. The van der Waals surface area contributed by atoms with Crippen molar-refractivity contribution in [3.05, 3.63) is 59.9 Å². The van der Waals surface area contributed by atoms with E-state index in [0.717, 1.165) is 13.0 Å². The highest BCUT2D eigenvalue weighted by Crippen LogP contribution is 2.46. The van der Waals surface area contributed by atoms with Gasteiger partial charge in [-0.1, -0.05) is 44.2 Å². The predicted octanol–water partition coefficient (Wildman–Crippen LogP) is 4.34. The van der Waals surface area contributed by atoms with Crippen LogP contribution in [-0.4, -0.2) is 15.7 Å². The number of aromatic nitrogens is 1. The SMILES string of the molecule is CC(C)C[C@H]1[C@H]2C[C@H](ON2Cc2ccccc2)c2cccn21. The third-order valence-electron chi connectivity index (χ3n) is 4.93. The summed E-state index contributed by atoms with van der Waals surface area (Å²) in [4.78, 5) is 6.30. The van der Waals surface area contributed by atoms with Gasteiger partial charge < -0.3 is 4.57 Å². The van der Waals surface area contributed by atoms with Crippen LogP contribution in [0.1, 0.15) is 50.1 Å². The van der Waals surface area contributed by atoms with E-state index in [0.29, 0.717) is 18.0 Å². The van der Waals surface area contributed by atoms with Gasteiger partial charge in [0, 0.05) is 24.9 Å². The summed E-state index contributed by atoms with van der Waals surface area (Å²) in [6.45, 7) is 5.50. The lowest BCUT2D eigenvalue weighted by Crippen LogP contribution is -2.37. The monoisotopic (exact) mass is 296 g/mol. The number of benzene rings is 1. The third kappa shape index (κ3) is 2.38. The molecule has 3 atom stereocenters. The Morgan fingerprint density at radius 1 is 1.14 bits per heavy atom. The van der Waals surface area contributed by atoms with Crippen LogP contribution in [0, 0.1) is 5.92 Å². The second-order valence-electron chi connectivity index (χ2n) is 7.00. The van der Waals surface area contributed by atoms with Crippen molar-refractivity contribution in [3.8, 4) is 0 Å². The van der Waals surface area contributed by atoms with Gasteiger partial charge in [0.2, 0.25) is 0 Å². The van der Waals surface area contributed by atoms with Crippen molar-refractivity contribution >= 4 is 0 Å². The summed E-state index contributed by atoms with van der Waals surface area (Å²) in [5.41, 5.74) is 2.67. The van der Waals surface area contributed by atoms with Crippen LogP contribution in [0.3, 0.4) is 0 Å². The van der Waals surface area contributed by atoms with Crippen molar-refractivity contribution < 1.29 is 4.84 Å². The number of nitrogens with zero attached hydrogens (tertiary/aromatic N) is 2. The van der Waals surface area contributed by atoms with Crippen LogP contribution in [0.4, 0.5) is 0 Å². The van der Waals surface area contributed by atoms with Crippen LogP contribution < -0.4 is 0 Å². The Balaban J connectivity index is 1.61. The molecule has 3 nitrogen and oxygen atoms in total. The Morgan fingerprint density at radius 3 is 2.73 bits per heavy atom. The molecule has 3 heteroatoms. The van der Waals surface area contributed by atoms with Crippen LogP contribution in [0.2, 0.25) is 0 Å². The molecule has 0 spiro atoms. The van der Waals surface area contributed by atoms with Gasteiger partial charge in [-0.05, 0) is 30.0 Å². The molecule has 1 aromatic carbocycles. The minimum absolute atomic E-state index is 0.229. The summed E-state index contributed by atoms with van der Waals surface area (Å²) < 4.78 is 2.46. The first-order chi connectivity index (χ1) is 10.7. The van der Waals surface area contributed by atoms with Crippen molar-refractivity contribution in [1.29, 1.82) is 0 Å². The highest BCUT2D eigenvalue weighted by atomic mass is 16.7. The van der Waals surface area contributed by atoms with E-state index < -0.39 is 0 Å². The van der Waals surface area contributed by atoms with Gasteiger partial charge in [0.05, 0.1) is 12.1 Å². The molecule has 1 saturated heterocycles. The summed E-state index contributed by atoms with van der Waals surface area (Å²) >= 11 is 0. The van der Waals surface area contributed by atoms with Crippen LogP contribution in [-0.2, 0) is 11.4 Å². The molecule has 0 saturated carbocycles. The van der Waals surface area contributed by atoms with Gasteiger partial charge >= 0.3 is 0 Å². The molecule has 2 bridgehead atoms. The predicted molar refractivity (Wildman–Crippen MR) is 87.1 cm³/mol. The van der Waals surface area contributed by atoms with E-state index in [1.165, 1.54) is 17.7 Å². The summed E-state index contributed by atoms with van der Waals surface area (Å²) in [6, 6.07) is 16.0. The zero-order valence-electron chi connectivity index (χ0n) is 13.4. The van der Waals surface area contributed by atoms with Crippen molar-refractivity contribution in [1.82, 2.24) is 9.63 Å². The van der Waals surface area contributed by atoms with E-state index in [4.69, 9.17) is 4.84 Å². The molecule has 2 aliphatic heterocycles. The fraction of sp³-hybridized carbons (Fsp3) is 0.474. The maximum atomic E-state index is 6.30. The fourth-order valence-corrected chi connectivity index (χ4v) is 3.98. The first kappa shape index (κ1) is 14.0. The molecule has 1 fully saturated rings. The normalized spacial score (nSPS) is 27.3. The number of hydrogen-bond acceptors (Lipinski definition) is 2. The molecule has 3 heterocycles. The molecule has 1 aromatic heterocycles. The average Bonchev–Trinajstić information content (AvgIpc) is 3.11. The maximum absolute atomic E-state index is 6.30. The number of hydrogen-bond donors (Lipinski definition) is 0. The minimum Gasteiger partial charge on any atom is -0.344 e. The van der Waals surface area contributed by atoms with E-state index >= 15 is 0 Å². The van der Waals surface area contributed by atoms with Crippen molar-refractivity contribution in [2.24, 2.45) is 5.92 Å². The molecule has 22 heavy (non-hydrogen) atoms. The Morgan fingerprint density at radius 2 is 1.95 bits per heavy atom. The molecular weight excluding hydrogens is 272 g/mol. The van der Waals surface area contributed by atoms with Crippen LogP contribution >= 0.6 is 0 Å². The van der Waals surface area contributed by atoms with E-state index in [-0.39, 0.29) is 6.10 Å². The van der Waals surface area contributed by atoms with Gasteiger partial charge in [-0.25, -0.2) is 0 Å². The fourth-order valence-electron chi connectivity index (χ4n) is 3.98. The molecule has 0 N–H and O–H groups in total. The van der Waals surface area contributed by atoms with E-state index in [2.05, 4.69) is 72.1 Å². The van der Waals surface area contributed by atoms with Crippen molar-refractivity contribution in [2.45, 2.75) is 51.4 Å². The molecular formula is C19H24N2O. The Bertz CT molecular complexity index is 634. The zero-order valence-corrected chi connectivity index (χ0v) is 13.4. The smallest absolute Gasteiger partial charge is 0.121 e. The summed E-state index contributed by atoms with van der Waals surface area (Å²) in [7, 11) is 0. The van der Waals surface area contributed by atoms with Gasteiger partial charge in [-0.15, -0.1) is 0 Å². The molecule has 116 valence electrons. The lowest BCUT2D eigenvalue weighted by atomic mass is 9.90. The van der Waals surface area contributed by atoms with Crippen LogP contribution in [0.15, 0.2) is 48.7 Å². The number of fused-ring (bicyclic) bond motifs is 4. The maximum Gasteiger partial charge on any atom is 0.121 e. The number of hydroxylamine groups is 2. The van der Waals surface area contributed by atoms with Crippen molar-refractivity contribution in [3.63, 3.8) is 0 Å². The molecule has 0 radical (unpaired) electrons. The first-order valence-electron chi connectivity index (χ1n) is 8.36. The average molecular weight is 296 g/mol. The second-order valence-corrected chi connectivity index (χ2v) is 7.00. The standard InChI is InChI=1S/C19H24N2O/c1-14(2)11-17-18-12-19(16-9-6-10-20(16)17)22-21(18)13-15-7-4-3-5-8-15/h3-10,14,17-19H,11-13H2,1-2H3/t17-,18+,19-/m0/s1. The van der Waals surface area contributed by atoms with Gasteiger partial charge in [-0.2, -0.15) is 5.06 Å². The van der Waals surface area contributed by atoms with E-state index in [9.17, 15) is 0 Å². The second kappa shape index (κ2) is 5.56. The summed E-state index contributed by atoms with van der Waals surface area (Å²) in [6.07, 6.45) is 4.78. The highest BCUT2D eigenvalue weighted by Gasteiger charge is 2.45. The first-order valence-corrected chi connectivity index (χ1v) is 8.36.